The van der Waals surface area contributed by atoms with Gasteiger partial charge in [0.25, 0.3) is 0 Å². The Morgan fingerprint density at radius 2 is 1.73 bits per heavy atom. The van der Waals surface area contributed by atoms with Gasteiger partial charge in [-0.25, -0.2) is 4.79 Å². The summed E-state index contributed by atoms with van der Waals surface area (Å²) in [6.45, 7) is 2.72. The second-order valence-electron chi connectivity index (χ2n) is 2.95. The van der Waals surface area contributed by atoms with Crippen molar-refractivity contribution in [1.82, 2.24) is 0 Å². The lowest BCUT2D eigenvalue weighted by molar-refractivity contribution is -0.140. The molecule has 0 radical (unpaired) electrons. The molecule has 4 heteroatoms. The van der Waals surface area contributed by atoms with Crippen LogP contribution in [0, 0.1) is 0 Å². The molecule has 0 saturated heterocycles. The van der Waals surface area contributed by atoms with Crippen LogP contribution in [0.25, 0.3) is 0 Å². The van der Waals surface area contributed by atoms with Crippen molar-refractivity contribution in [3.05, 3.63) is 35.9 Å². The lowest BCUT2D eigenvalue weighted by Gasteiger charge is -1.98. The van der Waals surface area contributed by atoms with Gasteiger partial charge in [-0.3, -0.25) is 4.79 Å². The molecule has 0 aliphatic carbocycles. The molecule has 1 rings (SSSR count). The molecule has 15 heavy (non-hydrogen) atoms. The van der Waals surface area contributed by atoms with Gasteiger partial charge in [-0.15, -0.1) is 0 Å². The number of carbonyl (C=O) groups excluding carboxylic acids is 2. The van der Waals surface area contributed by atoms with Gasteiger partial charge in [-0.1, -0.05) is 35.5 Å². The summed E-state index contributed by atoms with van der Waals surface area (Å²) in [4.78, 5) is 26.5. The first-order chi connectivity index (χ1) is 7.11. The lowest BCUT2D eigenvalue weighted by Crippen LogP contribution is -2.11. The highest BCUT2D eigenvalue weighted by Gasteiger charge is 2.09. The standard InChI is InChI=1S/C11H11NO3/c1-8(12-15-9(2)13)11(14)10-6-4-3-5-7-10/h3-7H,1-2H3/b12-8+. The Morgan fingerprint density at radius 3 is 2.27 bits per heavy atom. The maximum atomic E-state index is 11.6. The molecular formula is C11H11NO3. The topological polar surface area (TPSA) is 55.7 Å². The zero-order valence-corrected chi connectivity index (χ0v) is 8.56. The Bertz CT molecular complexity index is 396. The van der Waals surface area contributed by atoms with E-state index < -0.39 is 5.97 Å². The number of hydrogen-bond acceptors (Lipinski definition) is 4. The monoisotopic (exact) mass is 205 g/mol. The molecular weight excluding hydrogens is 194 g/mol. The van der Waals surface area contributed by atoms with Crippen LogP contribution in [0.4, 0.5) is 0 Å². The first-order valence-corrected chi connectivity index (χ1v) is 4.43. The molecule has 0 aromatic heterocycles. The molecule has 0 amide bonds. The second-order valence-corrected chi connectivity index (χ2v) is 2.95. The van der Waals surface area contributed by atoms with E-state index in [9.17, 15) is 9.59 Å². The van der Waals surface area contributed by atoms with Crippen molar-refractivity contribution in [3.8, 4) is 0 Å². The van der Waals surface area contributed by atoms with E-state index in [1.165, 1.54) is 13.8 Å². The van der Waals surface area contributed by atoms with Crippen LogP contribution in [0.5, 0.6) is 0 Å². The second kappa shape index (κ2) is 5.05. The molecule has 1 aromatic rings. The van der Waals surface area contributed by atoms with E-state index >= 15 is 0 Å². The minimum Gasteiger partial charge on any atom is -0.318 e. The van der Waals surface area contributed by atoms with Crippen LogP contribution < -0.4 is 0 Å². The van der Waals surface area contributed by atoms with E-state index in [1.54, 1.807) is 24.3 Å². The number of hydrogen-bond donors (Lipinski definition) is 0. The molecule has 78 valence electrons. The molecule has 0 atom stereocenters. The van der Waals surface area contributed by atoms with Crippen molar-refractivity contribution in [1.29, 1.82) is 0 Å². The fourth-order valence-corrected chi connectivity index (χ4v) is 0.973. The minimum absolute atomic E-state index is 0.149. The van der Waals surface area contributed by atoms with Crippen LogP contribution in [0.2, 0.25) is 0 Å². The first kappa shape index (κ1) is 11.1. The summed E-state index contributed by atoms with van der Waals surface area (Å²) in [6, 6.07) is 8.68. The molecule has 0 heterocycles. The van der Waals surface area contributed by atoms with Gasteiger partial charge in [-0.05, 0) is 6.92 Å². The minimum atomic E-state index is -0.546. The fourth-order valence-electron chi connectivity index (χ4n) is 0.973. The molecule has 0 N–H and O–H groups in total. The number of carbonyl (C=O) groups is 2. The van der Waals surface area contributed by atoms with Crippen molar-refractivity contribution in [3.63, 3.8) is 0 Å². The van der Waals surface area contributed by atoms with Crippen LogP contribution in [0.1, 0.15) is 24.2 Å². The average molecular weight is 205 g/mol. The fraction of sp³-hybridized carbons (Fsp3) is 0.182. The van der Waals surface area contributed by atoms with Gasteiger partial charge in [0.15, 0.2) is 0 Å². The van der Waals surface area contributed by atoms with Crippen molar-refractivity contribution >= 4 is 17.5 Å². The average Bonchev–Trinajstić information content (AvgIpc) is 2.26. The van der Waals surface area contributed by atoms with Crippen molar-refractivity contribution in [2.75, 3.05) is 0 Å². The largest absolute Gasteiger partial charge is 0.331 e. The zero-order chi connectivity index (χ0) is 11.3. The van der Waals surface area contributed by atoms with Gasteiger partial charge in [0, 0.05) is 12.5 Å². The lowest BCUT2D eigenvalue weighted by atomic mass is 10.1. The molecule has 0 fully saturated rings. The third kappa shape index (κ3) is 3.34. The van der Waals surface area contributed by atoms with E-state index in [0.717, 1.165) is 0 Å². The summed E-state index contributed by atoms with van der Waals surface area (Å²) in [7, 11) is 0. The summed E-state index contributed by atoms with van der Waals surface area (Å²) in [5.74, 6) is -0.799. The van der Waals surface area contributed by atoms with E-state index in [2.05, 4.69) is 9.99 Å². The van der Waals surface area contributed by atoms with E-state index in [0.29, 0.717) is 5.56 Å². The highest BCUT2D eigenvalue weighted by atomic mass is 16.7. The Morgan fingerprint density at radius 1 is 1.13 bits per heavy atom. The third-order valence-corrected chi connectivity index (χ3v) is 1.68. The number of nitrogens with zero attached hydrogens (tertiary/aromatic N) is 1. The maximum absolute atomic E-state index is 11.6. The summed E-state index contributed by atoms with van der Waals surface area (Å²) in [5.41, 5.74) is 0.669. The van der Waals surface area contributed by atoms with Crippen molar-refractivity contribution in [2.24, 2.45) is 5.16 Å². The van der Waals surface area contributed by atoms with E-state index in [1.807, 2.05) is 6.07 Å². The maximum Gasteiger partial charge on any atom is 0.331 e. The molecule has 0 spiro atoms. The van der Waals surface area contributed by atoms with Gasteiger partial charge in [0.2, 0.25) is 5.78 Å². The number of Topliss-reactive ketones (excluding diaryl/α,β-unsaturated/α-hetero) is 1. The number of benzene rings is 1. The van der Waals surface area contributed by atoms with Gasteiger partial charge < -0.3 is 4.84 Å². The predicted molar refractivity (Wildman–Crippen MR) is 55.6 cm³/mol. The molecule has 0 aliphatic rings. The van der Waals surface area contributed by atoms with Gasteiger partial charge in [0.05, 0.1) is 0 Å². The van der Waals surface area contributed by atoms with Crippen LogP contribution in [-0.2, 0) is 9.63 Å². The third-order valence-electron chi connectivity index (χ3n) is 1.68. The smallest absolute Gasteiger partial charge is 0.318 e. The summed E-state index contributed by atoms with van der Waals surface area (Å²) in [6.07, 6.45) is 0. The highest BCUT2D eigenvalue weighted by molar-refractivity contribution is 6.45. The van der Waals surface area contributed by atoms with Crippen LogP contribution in [0.3, 0.4) is 0 Å². The molecule has 1 aromatic carbocycles. The van der Waals surface area contributed by atoms with E-state index in [4.69, 9.17) is 0 Å². The van der Waals surface area contributed by atoms with E-state index in [-0.39, 0.29) is 11.5 Å². The Kier molecular flexibility index (Phi) is 3.74. The molecule has 0 bridgehead atoms. The van der Waals surface area contributed by atoms with Crippen LogP contribution >= 0.6 is 0 Å². The molecule has 0 saturated carbocycles. The van der Waals surface area contributed by atoms with Crippen LogP contribution in [-0.4, -0.2) is 17.5 Å². The summed E-state index contributed by atoms with van der Waals surface area (Å²) < 4.78 is 0. The first-order valence-electron chi connectivity index (χ1n) is 4.43. The zero-order valence-electron chi connectivity index (χ0n) is 8.56. The molecule has 4 nitrogen and oxygen atoms in total. The SMILES string of the molecule is CC(=O)O/N=C(\C)C(=O)c1ccccc1. The normalized spacial score (nSPS) is 10.9. The quantitative estimate of drug-likeness (QED) is 0.327. The summed E-state index contributed by atoms with van der Waals surface area (Å²) in [5, 5.41) is 3.42. The molecule has 0 aliphatic heterocycles. The Labute approximate surface area is 87.5 Å². The van der Waals surface area contributed by atoms with Crippen molar-refractivity contribution < 1.29 is 14.4 Å². The Balaban J connectivity index is 2.77. The van der Waals surface area contributed by atoms with Gasteiger partial charge in [0.1, 0.15) is 5.71 Å². The summed E-state index contributed by atoms with van der Waals surface area (Å²) >= 11 is 0. The van der Waals surface area contributed by atoms with Crippen LogP contribution in [0.15, 0.2) is 35.5 Å². The molecule has 0 unspecified atom stereocenters. The Hall–Kier alpha value is -1.97. The highest BCUT2D eigenvalue weighted by Crippen LogP contribution is 2.01. The van der Waals surface area contributed by atoms with Gasteiger partial charge >= 0.3 is 5.97 Å². The van der Waals surface area contributed by atoms with Crippen molar-refractivity contribution in [2.45, 2.75) is 13.8 Å². The van der Waals surface area contributed by atoms with Gasteiger partial charge in [-0.2, -0.15) is 0 Å². The number of ketones is 1. The predicted octanol–water partition coefficient (Wildman–Crippen LogP) is 1.81. The number of oxime groups is 1. The number of rotatable bonds is 3.